The molecule has 0 N–H and O–H groups in total. The van der Waals surface area contributed by atoms with Gasteiger partial charge in [-0.2, -0.15) is 0 Å². The number of hydrogen-bond acceptors (Lipinski definition) is 4. The molecule has 2 aromatic carbocycles. The van der Waals surface area contributed by atoms with E-state index in [2.05, 4.69) is 0 Å². The summed E-state index contributed by atoms with van der Waals surface area (Å²) in [6.07, 6.45) is 1.70. The van der Waals surface area contributed by atoms with Crippen molar-refractivity contribution < 1.29 is 13.9 Å². The number of thiocarbonyl (C=S) groups is 1. The summed E-state index contributed by atoms with van der Waals surface area (Å²) in [6.45, 7) is 2.52. The van der Waals surface area contributed by atoms with Crippen LogP contribution in [0.25, 0.3) is 6.08 Å². The van der Waals surface area contributed by atoms with Crippen LogP contribution in [-0.2, 0) is 11.4 Å². The van der Waals surface area contributed by atoms with E-state index in [9.17, 15) is 9.18 Å². The van der Waals surface area contributed by atoms with Gasteiger partial charge in [-0.25, -0.2) is 4.39 Å². The van der Waals surface area contributed by atoms with Crippen LogP contribution >= 0.6 is 47.2 Å². The van der Waals surface area contributed by atoms with Crippen molar-refractivity contribution in [1.29, 1.82) is 0 Å². The first kappa shape index (κ1) is 20.1. The first-order chi connectivity index (χ1) is 12.9. The fraction of sp³-hybridized carbons (Fsp3) is 0.158. The molecule has 1 heterocycles. The standard InChI is InChI=1S/C19H14Cl2FNO2S2/c1-2-23-18(24)16(27-19(23)26)9-12-7-14(20)17(15(21)8-12)25-10-11-4-3-5-13(22)6-11/h3-9H,2,10H2,1H3/b16-9-. The Morgan fingerprint density at radius 1 is 1.26 bits per heavy atom. The van der Waals surface area contributed by atoms with Gasteiger partial charge in [-0.1, -0.05) is 59.3 Å². The molecule has 0 unspecified atom stereocenters. The summed E-state index contributed by atoms with van der Waals surface area (Å²) >= 11 is 19.0. The molecule has 0 radical (unpaired) electrons. The van der Waals surface area contributed by atoms with E-state index in [0.717, 1.165) is 0 Å². The lowest BCUT2D eigenvalue weighted by Gasteiger charge is -2.11. The Hall–Kier alpha value is -1.60. The van der Waals surface area contributed by atoms with E-state index < -0.39 is 0 Å². The van der Waals surface area contributed by atoms with E-state index in [1.165, 1.54) is 28.8 Å². The number of carbonyl (C=O) groups is 1. The van der Waals surface area contributed by atoms with Gasteiger partial charge >= 0.3 is 0 Å². The van der Waals surface area contributed by atoms with Crippen LogP contribution in [0.5, 0.6) is 5.75 Å². The third kappa shape index (κ3) is 4.63. The molecule has 3 rings (SSSR count). The number of amides is 1. The second-order valence-electron chi connectivity index (χ2n) is 5.66. The number of nitrogens with zero attached hydrogens (tertiary/aromatic N) is 1. The molecule has 27 heavy (non-hydrogen) atoms. The number of ether oxygens (including phenoxy) is 1. The zero-order valence-corrected chi connectivity index (χ0v) is 17.3. The molecule has 0 spiro atoms. The van der Waals surface area contributed by atoms with Gasteiger partial charge in [-0.3, -0.25) is 9.69 Å². The van der Waals surface area contributed by atoms with E-state index >= 15 is 0 Å². The lowest BCUT2D eigenvalue weighted by Crippen LogP contribution is -2.27. The van der Waals surface area contributed by atoms with Gasteiger partial charge in [0.05, 0.1) is 15.0 Å². The molecule has 0 bridgehead atoms. The van der Waals surface area contributed by atoms with Crippen LogP contribution in [0.15, 0.2) is 41.3 Å². The summed E-state index contributed by atoms with van der Waals surface area (Å²) in [7, 11) is 0. The summed E-state index contributed by atoms with van der Waals surface area (Å²) < 4.78 is 19.4. The predicted octanol–water partition coefficient (Wildman–Crippen LogP) is 5.93. The first-order valence-corrected chi connectivity index (χ1v) is 9.98. The lowest BCUT2D eigenvalue weighted by molar-refractivity contribution is -0.121. The van der Waals surface area contributed by atoms with Gasteiger partial charge in [-0.15, -0.1) is 0 Å². The van der Waals surface area contributed by atoms with Crippen molar-refractivity contribution in [3.05, 3.63) is 68.3 Å². The van der Waals surface area contributed by atoms with Crippen LogP contribution in [0.1, 0.15) is 18.1 Å². The highest BCUT2D eigenvalue weighted by Crippen LogP contribution is 2.37. The molecule has 1 fully saturated rings. The van der Waals surface area contributed by atoms with Gasteiger partial charge < -0.3 is 4.74 Å². The maximum Gasteiger partial charge on any atom is 0.266 e. The minimum Gasteiger partial charge on any atom is -0.486 e. The lowest BCUT2D eigenvalue weighted by atomic mass is 10.2. The van der Waals surface area contributed by atoms with Crippen molar-refractivity contribution in [3.8, 4) is 5.75 Å². The van der Waals surface area contributed by atoms with Crippen LogP contribution < -0.4 is 4.74 Å². The molecule has 2 aromatic rings. The summed E-state index contributed by atoms with van der Waals surface area (Å²) in [5, 5.41) is 0.604. The molecule has 1 aliphatic heterocycles. The summed E-state index contributed by atoms with van der Waals surface area (Å²) in [6, 6.07) is 9.41. The van der Waals surface area contributed by atoms with Gasteiger partial charge in [0.2, 0.25) is 0 Å². The highest BCUT2D eigenvalue weighted by molar-refractivity contribution is 8.26. The molecular weight excluding hydrogens is 428 g/mol. The quantitative estimate of drug-likeness (QED) is 0.424. The van der Waals surface area contributed by atoms with Crippen molar-refractivity contribution >= 4 is 63.5 Å². The normalized spacial score (nSPS) is 15.7. The van der Waals surface area contributed by atoms with Crippen LogP contribution in [0.2, 0.25) is 10.0 Å². The maximum absolute atomic E-state index is 13.3. The van der Waals surface area contributed by atoms with Gasteiger partial charge in [-0.05, 0) is 48.4 Å². The van der Waals surface area contributed by atoms with Crippen LogP contribution in [-0.4, -0.2) is 21.7 Å². The maximum atomic E-state index is 13.3. The average molecular weight is 442 g/mol. The van der Waals surface area contributed by atoms with E-state index in [1.54, 1.807) is 30.3 Å². The third-order valence-corrected chi connectivity index (χ3v) is 5.72. The molecule has 1 saturated heterocycles. The topological polar surface area (TPSA) is 29.5 Å². The fourth-order valence-electron chi connectivity index (χ4n) is 2.51. The minimum atomic E-state index is -0.340. The number of hydrogen-bond donors (Lipinski definition) is 0. The predicted molar refractivity (Wildman–Crippen MR) is 113 cm³/mol. The first-order valence-electron chi connectivity index (χ1n) is 8.00. The molecule has 0 saturated carbocycles. The molecule has 0 aromatic heterocycles. The molecule has 1 amide bonds. The Morgan fingerprint density at radius 3 is 2.56 bits per heavy atom. The van der Waals surface area contributed by atoms with E-state index in [4.69, 9.17) is 40.2 Å². The van der Waals surface area contributed by atoms with E-state index in [0.29, 0.717) is 42.7 Å². The Kier molecular flexibility index (Phi) is 6.42. The summed E-state index contributed by atoms with van der Waals surface area (Å²) in [4.78, 5) is 14.4. The largest absolute Gasteiger partial charge is 0.486 e. The van der Waals surface area contributed by atoms with Crippen molar-refractivity contribution in [2.24, 2.45) is 0 Å². The number of benzene rings is 2. The van der Waals surface area contributed by atoms with Crippen molar-refractivity contribution in [3.63, 3.8) is 0 Å². The SMILES string of the molecule is CCN1C(=O)/C(=C/c2cc(Cl)c(OCc3cccc(F)c3)c(Cl)c2)SC1=S. The smallest absolute Gasteiger partial charge is 0.266 e. The number of halogens is 3. The number of likely N-dealkylation sites (N-methyl/N-ethyl adjacent to an activating group) is 1. The summed E-state index contributed by atoms with van der Waals surface area (Å²) in [5.74, 6) is -0.167. The van der Waals surface area contributed by atoms with Crippen molar-refractivity contribution in [2.45, 2.75) is 13.5 Å². The van der Waals surface area contributed by atoms with Gasteiger partial charge in [0.15, 0.2) is 5.75 Å². The Labute approximate surface area is 176 Å². The van der Waals surface area contributed by atoms with Crippen LogP contribution in [0.3, 0.4) is 0 Å². The molecule has 0 atom stereocenters. The number of rotatable bonds is 5. The monoisotopic (exact) mass is 441 g/mol. The molecular formula is C19H14Cl2FNO2S2. The summed E-state index contributed by atoms with van der Waals surface area (Å²) in [5.41, 5.74) is 1.33. The van der Waals surface area contributed by atoms with Crippen molar-refractivity contribution in [1.82, 2.24) is 4.90 Å². The highest BCUT2D eigenvalue weighted by atomic mass is 35.5. The second kappa shape index (κ2) is 8.61. The minimum absolute atomic E-state index is 0.131. The van der Waals surface area contributed by atoms with Gasteiger partial charge in [0.1, 0.15) is 16.7 Å². The molecule has 3 nitrogen and oxygen atoms in total. The zero-order chi connectivity index (χ0) is 19.6. The second-order valence-corrected chi connectivity index (χ2v) is 8.15. The van der Waals surface area contributed by atoms with Gasteiger partial charge in [0, 0.05) is 6.54 Å². The zero-order valence-electron chi connectivity index (χ0n) is 14.2. The van der Waals surface area contributed by atoms with Crippen LogP contribution in [0.4, 0.5) is 4.39 Å². The average Bonchev–Trinajstić information content (AvgIpc) is 2.87. The Bertz CT molecular complexity index is 926. The number of carbonyl (C=O) groups excluding carboxylic acids is 1. The van der Waals surface area contributed by atoms with Crippen molar-refractivity contribution in [2.75, 3.05) is 6.54 Å². The molecule has 0 aliphatic carbocycles. The number of thioether (sulfide) groups is 1. The molecule has 8 heteroatoms. The Balaban J connectivity index is 1.80. The molecule has 140 valence electrons. The fourth-order valence-corrected chi connectivity index (χ4v) is 4.50. The molecule has 1 aliphatic rings. The van der Waals surface area contributed by atoms with E-state index in [-0.39, 0.29) is 18.3 Å². The Morgan fingerprint density at radius 2 is 1.96 bits per heavy atom. The van der Waals surface area contributed by atoms with Crippen LogP contribution in [0, 0.1) is 5.82 Å². The highest BCUT2D eigenvalue weighted by Gasteiger charge is 2.30. The third-order valence-electron chi connectivity index (χ3n) is 3.78. The van der Waals surface area contributed by atoms with E-state index in [1.807, 2.05) is 6.92 Å². The van der Waals surface area contributed by atoms with Gasteiger partial charge in [0.25, 0.3) is 5.91 Å².